The summed E-state index contributed by atoms with van der Waals surface area (Å²) in [5.41, 5.74) is 2.01. The van der Waals surface area contributed by atoms with Crippen LogP contribution in [0, 0.1) is 0 Å². The molecule has 1 aromatic heterocycles. The molecule has 0 spiro atoms. The van der Waals surface area contributed by atoms with Crippen molar-refractivity contribution in [3.8, 4) is 11.3 Å². The van der Waals surface area contributed by atoms with Gasteiger partial charge in [-0.05, 0) is 67.2 Å². The molecule has 8 heteroatoms. The molecule has 0 aliphatic carbocycles. The summed E-state index contributed by atoms with van der Waals surface area (Å²) in [6.45, 7) is 2.09. The number of ether oxygens (including phenoxy) is 1. The molecule has 0 unspecified atom stereocenters. The number of halogens is 1. The lowest BCUT2D eigenvalue weighted by atomic mass is 10.1. The van der Waals surface area contributed by atoms with Gasteiger partial charge in [0.15, 0.2) is 5.17 Å². The summed E-state index contributed by atoms with van der Waals surface area (Å²) in [6, 6.07) is 17.7. The number of carbonyl (C=O) groups excluding carboxylic acids is 2. The first kappa shape index (κ1) is 21.9. The van der Waals surface area contributed by atoms with Gasteiger partial charge in [0.05, 0.1) is 22.8 Å². The van der Waals surface area contributed by atoms with Gasteiger partial charge in [-0.3, -0.25) is 9.69 Å². The number of amides is 1. The van der Waals surface area contributed by atoms with Crippen LogP contribution in [0.2, 0.25) is 5.02 Å². The number of likely N-dealkylation sites (N-methyl/N-ethyl adjacent to an activating group) is 1. The summed E-state index contributed by atoms with van der Waals surface area (Å²) in [4.78, 5) is 31.0. The minimum atomic E-state index is -0.360. The summed E-state index contributed by atoms with van der Waals surface area (Å²) in [7, 11) is 1.68. The van der Waals surface area contributed by atoms with Crippen molar-refractivity contribution in [2.75, 3.05) is 13.7 Å². The third-order valence-electron chi connectivity index (χ3n) is 4.64. The molecule has 1 aliphatic heterocycles. The maximum Gasteiger partial charge on any atom is 0.338 e. The Balaban J connectivity index is 1.52. The Kier molecular flexibility index (Phi) is 6.48. The predicted molar refractivity (Wildman–Crippen MR) is 127 cm³/mol. The number of rotatable bonds is 5. The van der Waals surface area contributed by atoms with E-state index >= 15 is 0 Å². The zero-order chi connectivity index (χ0) is 22.7. The predicted octanol–water partition coefficient (Wildman–Crippen LogP) is 6.01. The largest absolute Gasteiger partial charge is 0.462 e. The van der Waals surface area contributed by atoms with E-state index in [2.05, 4.69) is 4.99 Å². The van der Waals surface area contributed by atoms with Crippen molar-refractivity contribution in [3.05, 3.63) is 81.9 Å². The third-order valence-corrected chi connectivity index (χ3v) is 5.95. The fraction of sp³-hybridized carbons (Fsp3) is 0.125. The van der Waals surface area contributed by atoms with Crippen molar-refractivity contribution in [2.24, 2.45) is 4.99 Å². The number of carbonyl (C=O) groups is 2. The summed E-state index contributed by atoms with van der Waals surface area (Å²) in [6.07, 6.45) is 1.70. The molecule has 162 valence electrons. The van der Waals surface area contributed by atoms with E-state index in [0.29, 0.717) is 44.5 Å². The Hall–Kier alpha value is -3.29. The quantitative estimate of drug-likeness (QED) is 0.340. The Labute approximate surface area is 194 Å². The SMILES string of the molecule is CCOC(=O)c1ccc(-c2ccc(/C=C3\SC(=Nc4ccc(Cl)cc4)N(C)C3=O)o2)cc1. The van der Waals surface area contributed by atoms with E-state index in [4.69, 9.17) is 20.8 Å². The van der Waals surface area contributed by atoms with Crippen molar-refractivity contribution in [2.45, 2.75) is 6.92 Å². The van der Waals surface area contributed by atoms with Gasteiger partial charge < -0.3 is 9.15 Å². The van der Waals surface area contributed by atoms with E-state index in [1.54, 1.807) is 74.6 Å². The Morgan fingerprint density at radius 3 is 2.53 bits per heavy atom. The minimum Gasteiger partial charge on any atom is -0.462 e. The molecule has 0 radical (unpaired) electrons. The molecular weight excluding hydrogens is 448 g/mol. The van der Waals surface area contributed by atoms with Gasteiger partial charge in [-0.25, -0.2) is 9.79 Å². The highest BCUT2D eigenvalue weighted by Gasteiger charge is 2.30. The van der Waals surface area contributed by atoms with Gasteiger partial charge in [0.1, 0.15) is 11.5 Å². The number of benzene rings is 2. The summed E-state index contributed by atoms with van der Waals surface area (Å²) < 4.78 is 10.9. The summed E-state index contributed by atoms with van der Waals surface area (Å²) in [5.74, 6) is 0.665. The lowest BCUT2D eigenvalue weighted by molar-refractivity contribution is -0.121. The molecule has 2 heterocycles. The van der Waals surface area contributed by atoms with E-state index in [1.165, 1.54) is 16.7 Å². The number of aliphatic imine (C=N–C) groups is 1. The van der Waals surface area contributed by atoms with Crippen molar-refractivity contribution in [1.29, 1.82) is 0 Å². The van der Waals surface area contributed by atoms with Gasteiger partial charge in [-0.15, -0.1) is 0 Å². The number of hydrogen-bond donors (Lipinski definition) is 0. The van der Waals surface area contributed by atoms with E-state index in [-0.39, 0.29) is 11.9 Å². The van der Waals surface area contributed by atoms with Crippen LogP contribution in [0.3, 0.4) is 0 Å². The maximum atomic E-state index is 12.6. The van der Waals surface area contributed by atoms with Gasteiger partial charge in [0.25, 0.3) is 5.91 Å². The molecule has 2 aromatic carbocycles. The van der Waals surface area contributed by atoms with Gasteiger partial charge in [0, 0.05) is 23.7 Å². The third kappa shape index (κ3) is 4.79. The lowest BCUT2D eigenvalue weighted by Crippen LogP contribution is -2.23. The number of amidine groups is 1. The van der Waals surface area contributed by atoms with E-state index in [0.717, 1.165) is 5.56 Å². The van der Waals surface area contributed by atoms with Crippen molar-refractivity contribution in [1.82, 2.24) is 4.90 Å². The molecule has 0 atom stereocenters. The highest BCUT2D eigenvalue weighted by atomic mass is 35.5. The van der Waals surface area contributed by atoms with Crippen molar-refractivity contribution >= 4 is 52.2 Å². The molecule has 0 saturated carbocycles. The zero-order valence-electron chi connectivity index (χ0n) is 17.4. The topological polar surface area (TPSA) is 72.1 Å². The number of furan rings is 1. The van der Waals surface area contributed by atoms with Crippen LogP contribution in [0.1, 0.15) is 23.0 Å². The Morgan fingerprint density at radius 2 is 1.84 bits per heavy atom. The van der Waals surface area contributed by atoms with Crippen LogP contribution >= 0.6 is 23.4 Å². The van der Waals surface area contributed by atoms with E-state index < -0.39 is 0 Å². The lowest BCUT2D eigenvalue weighted by Gasteiger charge is -2.06. The fourth-order valence-electron chi connectivity index (χ4n) is 2.98. The molecule has 1 saturated heterocycles. The van der Waals surface area contributed by atoms with Crippen molar-refractivity contribution < 1.29 is 18.7 Å². The van der Waals surface area contributed by atoms with Gasteiger partial charge in [0.2, 0.25) is 0 Å². The second-order valence-corrected chi connectivity index (χ2v) is 8.29. The van der Waals surface area contributed by atoms with Crippen LogP contribution in [0.5, 0.6) is 0 Å². The number of esters is 1. The Bertz CT molecular complexity index is 1210. The molecule has 6 nitrogen and oxygen atoms in total. The van der Waals surface area contributed by atoms with E-state index in [1.807, 2.05) is 6.07 Å². The monoisotopic (exact) mass is 466 g/mol. The maximum absolute atomic E-state index is 12.6. The normalized spacial score (nSPS) is 16.2. The smallest absolute Gasteiger partial charge is 0.338 e. The first-order chi connectivity index (χ1) is 15.4. The van der Waals surface area contributed by atoms with E-state index in [9.17, 15) is 9.59 Å². The summed E-state index contributed by atoms with van der Waals surface area (Å²) >= 11 is 7.19. The van der Waals surface area contributed by atoms with Gasteiger partial charge in [-0.2, -0.15) is 0 Å². The Morgan fingerprint density at radius 1 is 1.12 bits per heavy atom. The van der Waals surface area contributed by atoms with Crippen LogP contribution in [-0.4, -0.2) is 35.6 Å². The first-order valence-electron chi connectivity index (χ1n) is 9.84. The van der Waals surface area contributed by atoms with Crippen LogP contribution < -0.4 is 0 Å². The molecule has 1 fully saturated rings. The number of nitrogens with zero attached hydrogens (tertiary/aromatic N) is 2. The van der Waals surface area contributed by atoms with Crippen molar-refractivity contribution in [3.63, 3.8) is 0 Å². The molecular formula is C24H19ClN2O4S. The van der Waals surface area contributed by atoms with Gasteiger partial charge in [-0.1, -0.05) is 23.7 Å². The van der Waals surface area contributed by atoms with Crippen LogP contribution in [0.4, 0.5) is 5.69 Å². The zero-order valence-corrected chi connectivity index (χ0v) is 18.9. The minimum absolute atomic E-state index is 0.153. The fourth-order valence-corrected chi connectivity index (χ4v) is 4.07. The second kappa shape index (κ2) is 9.46. The van der Waals surface area contributed by atoms with Crippen LogP contribution in [-0.2, 0) is 9.53 Å². The van der Waals surface area contributed by atoms with Gasteiger partial charge >= 0.3 is 5.97 Å². The molecule has 0 bridgehead atoms. The van der Waals surface area contributed by atoms with Crippen LogP contribution in [0.15, 0.2) is 75.0 Å². The molecule has 3 aromatic rings. The highest BCUT2D eigenvalue weighted by molar-refractivity contribution is 8.18. The highest BCUT2D eigenvalue weighted by Crippen LogP contribution is 2.34. The molecule has 1 amide bonds. The number of thioether (sulfide) groups is 1. The molecule has 4 rings (SSSR count). The molecule has 32 heavy (non-hydrogen) atoms. The molecule has 0 N–H and O–H groups in total. The molecule has 1 aliphatic rings. The van der Waals surface area contributed by atoms with Crippen LogP contribution in [0.25, 0.3) is 17.4 Å². The number of hydrogen-bond acceptors (Lipinski definition) is 6. The average Bonchev–Trinajstić information content (AvgIpc) is 3.36. The standard InChI is InChI=1S/C24H19ClN2O4S/c1-3-30-23(29)16-6-4-15(5-7-16)20-13-12-19(31-20)14-21-22(28)27(2)24(32-21)26-18-10-8-17(25)9-11-18/h4-14H,3H2,1-2H3/b21-14-,26-24?. The first-order valence-corrected chi connectivity index (χ1v) is 11.0. The summed E-state index contributed by atoms with van der Waals surface area (Å²) in [5, 5.41) is 1.20. The second-order valence-electron chi connectivity index (χ2n) is 6.85. The average molecular weight is 467 g/mol.